The average Bonchev–Trinajstić information content (AvgIpc) is 2.89. The molecule has 0 aliphatic rings. The molecule has 3 rings (SSSR count). The van der Waals surface area contributed by atoms with Gasteiger partial charge in [0.1, 0.15) is 11.8 Å². The number of ether oxygens (including phenoxy) is 1. The van der Waals surface area contributed by atoms with E-state index in [4.69, 9.17) is 39.5 Å². The molecule has 0 unspecified atom stereocenters. The summed E-state index contributed by atoms with van der Waals surface area (Å²) in [5, 5.41) is 4.60. The average molecular weight is 576 g/mol. The van der Waals surface area contributed by atoms with E-state index in [0.717, 1.165) is 11.1 Å². The van der Waals surface area contributed by atoms with E-state index in [2.05, 4.69) is 5.32 Å². The van der Waals surface area contributed by atoms with Gasteiger partial charge in [-0.05, 0) is 59.9 Å². The molecule has 0 heterocycles. The quantitative estimate of drug-likeness (QED) is 0.219. The zero-order chi connectivity index (χ0) is 27.5. The lowest BCUT2D eigenvalue weighted by molar-refractivity contribution is -0.141. The van der Waals surface area contributed by atoms with Gasteiger partial charge >= 0.3 is 0 Å². The molecule has 0 bridgehead atoms. The predicted octanol–water partition coefficient (Wildman–Crippen LogP) is 7.22. The number of carbonyl (C=O) groups excluding carboxylic acids is 2. The second-order valence-electron chi connectivity index (χ2n) is 9.51. The van der Waals surface area contributed by atoms with Crippen LogP contribution in [0.2, 0.25) is 15.1 Å². The Morgan fingerprint density at radius 3 is 2.26 bits per heavy atom. The molecule has 0 saturated carbocycles. The minimum absolute atomic E-state index is 0.156. The van der Waals surface area contributed by atoms with Gasteiger partial charge in [-0.2, -0.15) is 0 Å². The van der Waals surface area contributed by atoms with E-state index in [9.17, 15) is 9.59 Å². The molecule has 5 nitrogen and oxygen atoms in total. The Labute approximate surface area is 240 Å². The summed E-state index contributed by atoms with van der Waals surface area (Å²) >= 11 is 18.5. The van der Waals surface area contributed by atoms with Crippen LogP contribution in [-0.4, -0.2) is 35.9 Å². The van der Waals surface area contributed by atoms with Gasteiger partial charge < -0.3 is 15.0 Å². The molecule has 0 fully saturated rings. The Hall–Kier alpha value is -2.73. The second kappa shape index (κ2) is 15.0. The minimum atomic E-state index is -0.715. The van der Waals surface area contributed by atoms with Crippen LogP contribution in [0.25, 0.3) is 0 Å². The first-order valence-corrected chi connectivity index (χ1v) is 13.8. The van der Waals surface area contributed by atoms with Crippen molar-refractivity contribution in [2.75, 3.05) is 13.2 Å². The predicted molar refractivity (Wildman–Crippen MR) is 155 cm³/mol. The van der Waals surface area contributed by atoms with Gasteiger partial charge in [-0.1, -0.05) is 85.0 Å². The van der Waals surface area contributed by atoms with E-state index < -0.39 is 6.04 Å². The maximum absolute atomic E-state index is 13.7. The number of nitrogens with one attached hydrogen (secondary N) is 1. The monoisotopic (exact) mass is 574 g/mol. The molecule has 3 aromatic rings. The third-order valence-corrected chi connectivity index (χ3v) is 6.77. The third-order valence-electron chi connectivity index (χ3n) is 5.93. The van der Waals surface area contributed by atoms with E-state index in [0.29, 0.717) is 46.8 Å². The topological polar surface area (TPSA) is 58.6 Å². The van der Waals surface area contributed by atoms with Crippen LogP contribution < -0.4 is 10.1 Å². The first-order valence-electron chi connectivity index (χ1n) is 12.7. The lowest BCUT2D eigenvalue weighted by Gasteiger charge is -2.32. The van der Waals surface area contributed by atoms with Gasteiger partial charge in [0.05, 0.1) is 6.61 Å². The molecule has 1 atom stereocenters. The van der Waals surface area contributed by atoms with Gasteiger partial charge in [0, 0.05) is 41.0 Å². The molecule has 2 amide bonds. The van der Waals surface area contributed by atoms with E-state index in [1.165, 1.54) is 0 Å². The third kappa shape index (κ3) is 9.54. The summed E-state index contributed by atoms with van der Waals surface area (Å²) in [6, 6.07) is 21.2. The standard InChI is InChI=1S/C30H33Cl3N2O3/c1-21(2)19-34-30(37)28(17-22-7-4-3-5-8-22)35(20-23-10-11-25(32)18-27(23)33)29(36)9-6-16-38-26-14-12-24(31)13-15-26/h3-5,7-8,10-15,18,21,28H,6,9,16-17,19-20H2,1-2H3,(H,34,37)/t28-/m0/s1. The van der Waals surface area contributed by atoms with Gasteiger partial charge in [-0.15, -0.1) is 0 Å². The highest BCUT2D eigenvalue weighted by Gasteiger charge is 2.30. The number of carbonyl (C=O) groups is 2. The first kappa shape index (κ1) is 29.8. The Kier molecular flexibility index (Phi) is 11.8. The normalized spacial score (nSPS) is 11.7. The van der Waals surface area contributed by atoms with Crippen LogP contribution in [0.1, 0.15) is 37.8 Å². The number of amides is 2. The van der Waals surface area contributed by atoms with Crippen LogP contribution in [0, 0.1) is 5.92 Å². The number of halogens is 3. The van der Waals surface area contributed by atoms with Crippen LogP contribution >= 0.6 is 34.8 Å². The number of rotatable bonds is 13. The number of nitrogens with zero attached hydrogens (tertiary/aromatic N) is 1. The maximum Gasteiger partial charge on any atom is 0.243 e. The number of hydrogen-bond acceptors (Lipinski definition) is 3. The number of benzene rings is 3. The highest BCUT2D eigenvalue weighted by atomic mass is 35.5. The first-order chi connectivity index (χ1) is 18.2. The minimum Gasteiger partial charge on any atom is -0.494 e. The van der Waals surface area contributed by atoms with Crippen molar-refractivity contribution in [1.29, 1.82) is 0 Å². The van der Waals surface area contributed by atoms with Crippen molar-refractivity contribution in [2.24, 2.45) is 5.92 Å². The fraction of sp³-hybridized carbons (Fsp3) is 0.333. The van der Waals surface area contributed by atoms with Crippen LogP contribution in [0.15, 0.2) is 72.8 Å². The van der Waals surface area contributed by atoms with Gasteiger partial charge in [0.25, 0.3) is 0 Å². The smallest absolute Gasteiger partial charge is 0.243 e. The molecular weight excluding hydrogens is 543 g/mol. The van der Waals surface area contributed by atoms with Crippen LogP contribution in [-0.2, 0) is 22.6 Å². The molecule has 0 radical (unpaired) electrons. The summed E-state index contributed by atoms with van der Waals surface area (Å²) in [6.45, 7) is 5.11. The summed E-state index contributed by atoms with van der Waals surface area (Å²) < 4.78 is 5.77. The summed E-state index contributed by atoms with van der Waals surface area (Å²) in [7, 11) is 0. The highest BCUT2D eigenvalue weighted by Crippen LogP contribution is 2.25. The fourth-order valence-corrected chi connectivity index (χ4v) is 4.49. The van der Waals surface area contributed by atoms with Gasteiger partial charge in [0.15, 0.2) is 0 Å². The summed E-state index contributed by atoms with van der Waals surface area (Å²) in [5.41, 5.74) is 1.68. The fourth-order valence-electron chi connectivity index (χ4n) is 3.90. The summed E-state index contributed by atoms with van der Waals surface area (Å²) in [4.78, 5) is 28.8. The van der Waals surface area contributed by atoms with Gasteiger partial charge in [-0.25, -0.2) is 0 Å². The summed E-state index contributed by atoms with van der Waals surface area (Å²) in [5.74, 6) is 0.604. The zero-order valence-corrected chi connectivity index (χ0v) is 23.9. The van der Waals surface area contributed by atoms with Crippen molar-refractivity contribution in [3.63, 3.8) is 0 Å². The van der Waals surface area contributed by atoms with Crippen molar-refractivity contribution < 1.29 is 14.3 Å². The molecule has 202 valence electrons. The van der Waals surface area contributed by atoms with Gasteiger partial charge in [-0.3, -0.25) is 9.59 Å². The molecule has 0 saturated heterocycles. The summed E-state index contributed by atoms with van der Waals surface area (Å²) in [6.07, 6.45) is 1.07. The van der Waals surface area contributed by atoms with Crippen molar-refractivity contribution >= 4 is 46.6 Å². The molecule has 0 aliphatic carbocycles. The Morgan fingerprint density at radius 2 is 1.61 bits per heavy atom. The molecule has 0 aromatic heterocycles. The molecular formula is C30H33Cl3N2O3. The molecule has 0 aliphatic heterocycles. The van der Waals surface area contributed by atoms with Crippen molar-refractivity contribution in [1.82, 2.24) is 10.2 Å². The van der Waals surface area contributed by atoms with Gasteiger partial charge in [0.2, 0.25) is 11.8 Å². The van der Waals surface area contributed by atoms with Crippen LogP contribution in [0.5, 0.6) is 5.75 Å². The van der Waals surface area contributed by atoms with E-state index in [1.54, 1.807) is 47.4 Å². The Bertz CT molecular complexity index is 1190. The molecule has 1 N–H and O–H groups in total. The highest BCUT2D eigenvalue weighted by molar-refractivity contribution is 6.35. The molecule has 38 heavy (non-hydrogen) atoms. The van der Waals surface area contributed by atoms with E-state index >= 15 is 0 Å². The lowest BCUT2D eigenvalue weighted by Crippen LogP contribution is -2.51. The number of hydrogen-bond donors (Lipinski definition) is 1. The SMILES string of the molecule is CC(C)CNC(=O)[C@H](Cc1ccccc1)N(Cc1ccc(Cl)cc1Cl)C(=O)CCCOc1ccc(Cl)cc1. The largest absolute Gasteiger partial charge is 0.494 e. The maximum atomic E-state index is 13.7. The van der Waals surface area contributed by atoms with Crippen molar-refractivity contribution in [2.45, 2.75) is 45.7 Å². The Balaban J connectivity index is 1.81. The molecule has 0 spiro atoms. The lowest BCUT2D eigenvalue weighted by atomic mass is 10.0. The molecule has 8 heteroatoms. The Morgan fingerprint density at radius 1 is 0.921 bits per heavy atom. The van der Waals surface area contributed by atoms with Crippen molar-refractivity contribution in [3.8, 4) is 5.75 Å². The molecule has 3 aromatic carbocycles. The van der Waals surface area contributed by atoms with Crippen LogP contribution in [0.3, 0.4) is 0 Å². The zero-order valence-electron chi connectivity index (χ0n) is 21.6. The van der Waals surface area contributed by atoms with E-state index in [1.807, 2.05) is 44.2 Å². The van der Waals surface area contributed by atoms with E-state index in [-0.39, 0.29) is 30.7 Å². The van der Waals surface area contributed by atoms with Crippen LogP contribution in [0.4, 0.5) is 0 Å². The van der Waals surface area contributed by atoms with Crippen molar-refractivity contribution in [3.05, 3.63) is 99.0 Å². The second-order valence-corrected chi connectivity index (χ2v) is 10.8.